The molecule has 0 saturated carbocycles. The van der Waals surface area contributed by atoms with Crippen LogP contribution in [0.15, 0.2) is 24.3 Å². The number of H-pyrrole nitrogens is 1. The van der Waals surface area contributed by atoms with Crippen LogP contribution in [-0.2, 0) is 19.1 Å². The highest BCUT2D eigenvalue weighted by molar-refractivity contribution is 5.94. The zero-order valence-electron chi connectivity index (χ0n) is 13.8. The van der Waals surface area contributed by atoms with Crippen LogP contribution in [0, 0.1) is 5.92 Å². The fourth-order valence-electron chi connectivity index (χ4n) is 2.78. The minimum atomic E-state index is -4.61. The van der Waals surface area contributed by atoms with Crippen molar-refractivity contribution in [3.05, 3.63) is 47.0 Å². The largest absolute Gasteiger partial charge is 0.453 e. The van der Waals surface area contributed by atoms with Gasteiger partial charge in [0.25, 0.3) is 11.7 Å². The summed E-state index contributed by atoms with van der Waals surface area (Å²) in [4.78, 5) is 15.4. The van der Waals surface area contributed by atoms with E-state index in [0.29, 0.717) is 11.5 Å². The van der Waals surface area contributed by atoms with Gasteiger partial charge in [-0.25, -0.2) is 4.98 Å². The monoisotopic (exact) mass is 389 g/mol. The molecule has 0 spiro atoms. The van der Waals surface area contributed by atoms with Crippen molar-refractivity contribution in [2.45, 2.75) is 25.6 Å². The van der Waals surface area contributed by atoms with E-state index in [1.807, 2.05) is 12.1 Å². The van der Waals surface area contributed by atoms with Crippen LogP contribution in [0.3, 0.4) is 0 Å². The normalized spacial score (nSPS) is 17.0. The lowest BCUT2D eigenvalue weighted by atomic mass is 9.98. The van der Waals surface area contributed by atoms with Gasteiger partial charge in [-0.1, -0.05) is 12.1 Å². The summed E-state index contributed by atoms with van der Waals surface area (Å²) in [6.07, 6.45) is -2.49. The Morgan fingerprint density at radius 3 is 2.58 bits per heavy atom. The van der Waals surface area contributed by atoms with Crippen LogP contribution >= 0.6 is 12.4 Å². The first-order valence-corrected chi connectivity index (χ1v) is 7.98. The Balaban J connectivity index is 0.00000243. The lowest BCUT2D eigenvalue weighted by Gasteiger charge is -2.09. The minimum Gasteiger partial charge on any atom is -0.345 e. The molecule has 1 saturated heterocycles. The summed E-state index contributed by atoms with van der Waals surface area (Å²) < 4.78 is 37.2. The van der Waals surface area contributed by atoms with Crippen LogP contribution in [-0.4, -0.2) is 34.2 Å². The molecular weight excluding hydrogens is 371 g/mol. The number of hydrogen-bond donors (Lipinski definition) is 3. The maximum absolute atomic E-state index is 12.4. The van der Waals surface area contributed by atoms with Gasteiger partial charge in [-0.05, 0) is 49.5 Å². The highest BCUT2D eigenvalue weighted by Crippen LogP contribution is 2.25. The average molecular weight is 390 g/mol. The summed E-state index contributed by atoms with van der Waals surface area (Å²) in [6, 6.07) is 7.25. The maximum atomic E-state index is 12.4. The van der Waals surface area contributed by atoms with E-state index in [1.54, 1.807) is 12.1 Å². The van der Waals surface area contributed by atoms with Gasteiger partial charge in [-0.3, -0.25) is 9.89 Å². The standard InChI is InChI=1S/C16H18F3N5O.ClH/c17-16(18,19)15-22-13(23-24-15)9-21-14(25)12-3-1-10(2-4-12)7-11-5-6-20-8-11;/h1-4,11,20H,5-9H2,(H,21,25)(H,22,23,24);1H. The fourth-order valence-corrected chi connectivity index (χ4v) is 2.78. The third kappa shape index (κ3) is 5.18. The van der Waals surface area contributed by atoms with Gasteiger partial charge in [0.05, 0.1) is 6.54 Å². The molecule has 142 valence electrons. The second-order valence-electron chi connectivity index (χ2n) is 6.05. The van der Waals surface area contributed by atoms with E-state index in [-0.39, 0.29) is 30.7 Å². The van der Waals surface area contributed by atoms with Gasteiger partial charge in [0.15, 0.2) is 0 Å². The van der Waals surface area contributed by atoms with Crippen LogP contribution in [0.5, 0.6) is 0 Å². The number of benzene rings is 1. The summed E-state index contributed by atoms with van der Waals surface area (Å²) in [5.41, 5.74) is 1.61. The second kappa shape index (κ2) is 8.50. The van der Waals surface area contributed by atoms with E-state index in [9.17, 15) is 18.0 Å². The van der Waals surface area contributed by atoms with Crippen LogP contribution in [0.4, 0.5) is 13.2 Å². The molecule has 1 aromatic carbocycles. The Bertz CT molecular complexity index is 726. The molecule has 10 heteroatoms. The molecule has 1 fully saturated rings. The molecule has 26 heavy (non-hydrogen) atoms. The first-order valence-electron chi connectivity index (χ1n) is 7.98. The van der Waals surface area contributed by atoms with Gasteiger partial charge in [0.1, 0.15) is 5.82 Å². The zero-order valence-corrected chi connectivity index (χ0v) is 14.6. The molecular formula is C16H19ClF3N5O. The van der Waals surface area contributed by atoms with Crippen molar-refractivity contribution in [2.24, 2.45) is 5.92 Å². The Labute approximate surface area is 154 Å². The number of aromatic nitrogens is 3. The van der Waals surface area contributed by atoms with E-state index < -0.39 is 12.0 Å². The molecule has 1 aliphatic rings. The predicted octanol–water partition coefficient (Wildman–Crippen LogP) is 2.33. The first-order chi connectivity index (χ1) is 11.9. The number of alkyl halides is 3. The number of hydrogen-bond acceptors (Lipinski definition) is 4. The summed E-state index contributed by atoms with van der Waals surface area (Å²) in [6.45, 7) is 1.90. The van der Waals surface area contributed by atoms with Gasteiger partial charge >= 0.3 is 6.18 Å². The molecule has 1 atom stereocenters. The summed E-state index contributed by atoms with van der Waals surface area (Å²) >= 11 is 0. The highest BCUT2D eigenvalue weighted by Gasteiger charge is 2.36. The van der Waals surface area contributed by atoms with Crippen LogP contribution < -0.4 is 10.6 Å². The van der Waals surface area contributed by atoms with E-state index in [0.717, 1.165) is 31.5 Å². The number of aromatic amines is 1. The topological polar surface area (TPSA) is 82.7 Å². The Hall–Kier alpha value is -2.13. The van der Waals surface area contributed by atoms with Crippen molar-refractivity contribution >= 4 is 18.3 Å². The van der Waals surface area contributed by atoms with Crippen molar-refractivity contribution in [1.29, 1.82) is 0 Å². The average Bonchev–Trinajstić information content (AvgIpc) is 3.24. The van der Waals surface area contributed by atoms with Gasteiger partial charge < -0.3 is 10.6 Å². The molecule has 1 unspecified atom stereocenters. The molecule has 3 rings (SSSR count). The number of nitrogens with zero attached hydrogens (tertiary/aromatic N) is 2. The van der Waals surface area contributed by atoms with Crippen molar-refractivity contribution in [3.8, 4) is 0 Å². The smallest absolute Gasteiger partial charge is 0.345 e. The van der Waals surface area contributed by atoms with E-state index in [4.69, 9.17) is 0 Å². The van der Waals surface area contributed by atoms with Crippen LogP contribution in [0.2, 0.25) is 0 Å². The van der Waals surface area contributed by atoms with Crippen molar-refractivity contribution in [1.82, 2.24) is 25.8 Å². The van der Waals surface area contributed by atoms with Gasteiger partial charge in [0.2, 0.25) is 0 Å². The van der Waals surface area contributed by atoms with E-state index in [1.165, 1.54) is 0 Å². The Morgan fingerprint density at radius 1 is 1.27 bits per heavy atom. The Morgan fingerprint density at radius 2 is 2.00 bits per heavy atom. The SMILES string of the molecule is Cl.O=C(NCc1nc(C(F)(F)F)n[nH]1)c1ccc(CC2CCNC2)cc1. The van der Waals surface area contributed by atoms with Crippen LogP contribution in [0.25, 0.3) is 0 Å². The number of carbonyl (C=O) groups excluding carboxylic acids is 1. The first kappa shape index (κ1) is 20.2. The molecule has 2 heterocycles. The van der Waals surface area contributed by atoms with Gasteiger partial charge in [-0.2, -0.15) is 13.2 Å². The molecule has 0 radical (unpaired) electrons. The number of halogens is 4. The van der Waals surface area contributed by atoms with Gasteiger partial charge in [-0.15, -0.1) is 17.5 Å². The number of amides is 1. The summed E-state index contributed by atoms with van der Waals surface area (Å²) in [5.74, 6) is -1.05. The molecule has 2 aromatic rings. The summed E-state index contributed by atoms with van der Waals surface area (Å²) in [7, 11) is 0. The summed E-state index contributed by atoms with van der Waals surface area (Å²) in [5, 5.41) is 11.1. The third-order valence-corrected chi connectivity index (χ3v) is 4.10. The van der Waals surface area contributed by atoms with Crippen LogP contribution in [0.1, 0.15) is 34.0 Å². The second-order valence-corrected chi connectivity index (χ2v) is 6.05. The molecule has 6 nitrogen and oxygen atoms in total. The molecule has 0 aliphatic carbocycles. The van der Waals surface area contributed by atoms with Crippen molar-refractivity contribution in [3.63, 3.8) is 0 Å². The van der Waals surface area contributed by atoms with Gasteiger partial charge in [0, 0.05) is 5.56 Å². The number of rotatable bonds is 5. The minimum absolute atomic E-state index is 0. The molecule has 0 bridgehead atoms. The predicted molar refractivity (Wildman–Crippen MR) is 90.9 cm³/mol. The number of nitrogens with one attached hydrogen (secondary N) is 3. The number of carbonyl (C=O) groups is 1. The van der Waals surface area contributed by atoms with Crippen molar-refractivity contribution in [2.75, 3.05) is 13.1 Å². The van der Waals surface area contributed by atoms with E-state index in [2.05, 4.69) is 25.8 Å². The Kier molecular flexibility index (Phi) is 6.60. The fraction of sp³-hybridized carbons (Fsp3) is 0.438. The van der Waals surface area contributed by atoms with Crippen molar-refractivity contribution < 1.29 is 18.0 Å². The lowest BCUT2D eigenvalue weighted by molar-refractivity contribution is -0.144. The third-order valence-electron chi connectivity index (χ3n) is 4.10. The molecule has 1 aromatic heterocycles. The zero-order chi connectivity index (χ0) is 17.9. The van der Waals surface area contributed by atoms with E-state index >= 15 is 0 Å². The molecule has 1 aliphatic heterocycles. The lowest BCUT2D eigenvalue weighted by Crippen LogP contribution is -2.23. The maximum Gasteiger partial charge on any atom is 0.453 e. The quantitative estimate of drug-likeness (QED) is 0.733. The molecule has 3 N–H and O–H groups in total. The highest BCUT2D eigenvalue weighted by atomic mass is 35.5. The molecule has 1 amide bonds.